The van der Waals surface area contributed by atoms with Crippen LogP contribution in [0.3, 0.4) is 0 Å². The quantitative estimate of drug-likeness (QED) is 0.720. The summed E-state index contributed by atoms with van der Waals surface area (Å²) in [5, 5.41) is 0. The zero-order valence-corrected chi connectivity index (χ0v) is 8.44. The van der Waals surface area contributed by atoms with Crippen LogP contribution in [0.15, 0.2) is 12.4 Å². The average Bonchev–Trinajstić information content (AvgIpc) is 2.13. The van der Waals surface area contributed by atoms with Crippen LogP contribution in [0.2, 0.25) is 0 Å². The number of hydrogen-bond donors (Lipinski definition) is 0. The molecular weight excluding hydrogens is 181 g/mol. The highest BCUT2D eigenvalue weighted by atomic mass is 19.1. The highest BCUT2D eigenvalue weighted by Gasteiger charge is 2.27. The van der Waals surface area contributed by atoms with Crippen molar-refractivity contribution in [1.29, 1.82) is 0 Å². The smallest absolute Gasteiger partial charge is 0.135 e. The van der Waals surface area contributed by atoms with Gasteiger partial charge in [-0.3, -0.25) is 0 Å². The second kappa shape index (κ2) is 3.52. The van der Waals surface area contributed by atoms with Crippen molar-refractivity contribution < 1.29 is 4.39 Å². The van der Waals surface area contributed by atoms with Crippen LogP contribution in [0.5, 0.6) is 0 Å². The standard InChI is InChI=1S/C10H14FN3/c1-7(2)9-3-10(13-6-12-9)14-4-8(11)5-14/h3,6-8H,4-5H2,1-2H3. The minimum Gasteiger partial charge on any atom is -0.351 e. The van der Waals surface area contributed by atoms with E-state index in [1.165, 1.54) is 0 Å². The normalized spacial score (nSPS) is 17.3. The highest BCUT2D eigenvalue weighted by Crippen LogP contribution is 2.22. The van der Waals surface area contributed by atoms with Crippen LogP contribution in [-0.2, 0) is 0 Å². The second-order valence-corrected chi connectivity index (χ2v) is 3.96. The molecule has 0 radical (unpaired) electrons. The summed E-state index contributed by atoms with van der Waals surface area (Å²) in [5.74, 6) is 1.23. The predicted molar refractivity (Wildman–Crippen MR) is 53.2 cm³/mol. The van der Waals surface area contributed by atoms with E-state index >= 15 is 0 Å². The van der Waals surface area contributed by atoms with Crippen LogP contribution < -0.4 is 4.90 Å². The molecule has 0 bridgehead atoms. The van der Waals surface area contributed by atoms with E-state index in [1.54, 1.807) is 6.33 Å². The lowest BCUT2D eigenvalue weighted by atomic mass is 10.1. The van der Waals surface area contributed by atoms with Crippen molar-refractivity contribution >= 4 is 5.82 Å². The third kappa shape index (κ3) is 1.69. The number of aromatic nitrogens is 2. The van der Waals surface area contributed by atoms with Gasteiger partial charge in [0.15, 0.2) is 0 Å². The average molecular weight is 195 g/mol. The first-order chi connectivity index (χ1) is 6.66. The number of alkyl halides is 1. The lowest BCUT2D eigenvalue weighted by Crippen LogP contribution is -2.48. The van der Waals surface area contributed by atoms with Gasteiger partial charge in [-0.2, -0.15) is 0 Å². The molecule has 2 rings (SSSR count). The largest absolute Gasteiger partial charge is 0.351 e. The fourth-order valence-electron chi connectivity index (χ4n) is 1.46. The number of anilines is 1. The lowest BCUT2D eigenvalue weighted by molar-refractivity contribution is 0.273. The van der Waals surface area contributed by atoms with Gasteiger partial charge in [0.25, 0.3) is 0 Å². The van der Waals surface area contributed by atoms with Crippen LogP contribution >= 0.6 is 0 Å². The molecule has 1 saturated heterocycles. The number of hydrogen-bond acceptors (Lipinski definition) is 3. The molecule has 0 atom stereocenters. The summed E-state index contributed by atoms with van der Waals surface area (Å²) in [6.45, 7) is 5.10. The first-order valence-corrected chi connectivity index (χ1v) is 4.88. The maximum absolute atomic E-state index is 12.6. The van der Waals surface area contributed by atoms with Gasteiger partial charge in [-0.1, -0.05) is 13.8 Å². The molecule has 2 heterocycles. The van der Waals surface area contributed by atoms with E-state index in [4.69, 9.17) is 0 Å². The Morgan fingerprint density at radius 1 is 1.43 bits per heavy atom. The zero-order chi connectivity index (χ0) is 10.1. The van der Waals surface area contributed by atoms with Crippen molar-refractivity contribution in [2.24, 2.45) is 0 Å². The van der Waals surface area contributed by atoms with Crippen LogP contribution in [0, 0.1) is 0 Å². The van der Waals surface area contributed by atoms with Crippen molar-refractivity contribution in [2.75, 3.05) is 18.0 Å². The molecule has 1 aliphatic heterocycles. The molecule has 4 heteroatoms. The summed E-state index contributed by atoms with van der Waals surface area (Å²) in [5.41, 5.74) is 1.01. The fraction of sp³-hybridized carbons (Fsp3) is 0.600. The topological polar surface area (TPSA) is 29.0 Å². The van der Waals surface area contributed by atoms with Gasteiger partial charge in [-0.15, -0.1) is 0 Å². The third-order valence-corrected chi connectivity index (χ3v) is 2.43. The van der Waals surface area contributed by atoms with Gasteiger partial charge < -0.3 is 4.90 Å². The number of rotatable bonds is 2. The molecule has 0 aliphatic carbocycles. The molecule has 1 aliphatic rings. The molecule has 0 saturated carbocycles. The summed E-state index contributed by atoms with van der Waals surface area (Å²) in [6.07, 6.45) is 0.864. The molecule has 3 nitrogen and oxygen atoms in total. The van der Waals surface area contributed by atoms with E-state index < -0.39 is 6.17 Å². The van der Waals surface area contributed by atoms with Crippen LogP contribution in [0.25, 0.3) is 0 Å². The molecule has 0 amide bonds. The summed E-state index contributed by atoms with van der Waals surface area (Å²) >= 11 is 0. The monoisotopic (exact) mass is 195 g/mol. The van der Waals surface area contributed by atoms with Gasteiger partial charge in [0.1, 0.15) is 18.3 Å². The van der Waals surface area contributed by atoms with Crippen molar-refractivity contribution in [3.8, 4) is 0 Å². The van der Waals surface area contributed by atoms with Crippen molar-refractivity contribution in [3.63, 3.8) is 0 Å². The third-order valence-electron chi connectivity index (χ3n) is 2.43. The van der Waals surface area contributed by atoms with E-state index in [0.717, 1.165) is 11.5 Å². The molecule has 76 valence electrons. The summed E-state index contributed by atoms with van der Waals surface area (Å²) in [7, 11) is 0. The van der Waals surface area contributed by atoms with E-state index in [9.17, 15) is 4.39 Å². The van der Waals surface area contributed by atoms with E-state index in [1.807, 2.05) is 11.0 Å². The maximum atomic E-state index is 12.6. The molecule has 0 N–H and O–H groups in total. The van der Waals surface area contributed by atoms with Crippen LogP contribution in [0.1, 0.15) is 25.5 Å². The fourth-order valence-corrected chi connectivity index (χ4v) is 1.46. The predicted octanol–water partition coefficient (Wildman–Crippen LogP) is 1.76. The Morgan fingerprint density at radius 2 is 2.14 bits per heavy atom. The molecule has 1 aromatic heterocycles. The van der Waals surface area contributed by atoms with Crippen molar-refractivity contribution in [1.82, 2.24) is 9.97 Å². The molecular formula is C10H14FN3. The molecule has 1 aromatic rings. The SMILES string of the molecule is CC(C)c1cc(N2CC(F)C2)ncn1. The Labute approximate surface area is 83.0 Å². The van der Waals surface area contributed by atoms with E-state index in [0.29, 0.717) is 19.0 Å². The number of nitrogens with zero attached hydrogens (tertiary/aromatic N) is 3. The summed E-state index contributed by atoms with van der Waals surface area (Å²) in [4.78, 5) is 10.2. The second-order valence-electron chi connectivity index (χ2n) is 3.96. The van der Waals surface area contributed by atoms with Gasteiger partial charge in [-0.25, -0.2) is 14.4 Å². The Hall–Kier alpha value is -1.19. The van der Waals surface area contributed by atoms with Gasteiger partial charge in [0, 0.05) is 11.8 Å². The van der Waals surface area contributed by atoms with E-state index in [2.05, 4.69) is 23.8 Å². The van der Waals surface area contributed by atoms with Gasteiger partial charge in [0.2, 0.25) is 0 Å². The summed E-state index contributed by atoms with van der Waals surface area (Å²) < 4.78 is 12.6. The lowest BCUT2D eigenvalue weighted by Gasteiger charge is -2.35. The van der Waals surface area contributed by atoms with E-state index in [-0.39, 0.29) is 0 Å². The Bertz CT molecular complexity index is 321. The minimum absolute atomic E-state index is 0.388. The van der Waals surface area contributed by atoms with Crippen molar-refractivity contribution in [2.45, 2.75) is 25.9 Å². The zero-order valence-electron chi connectivity index (χ0n) is 8.44. The van der Waals surface area contributed by atoms with Crippen LogP contribution in [-0.4, -0.2) is 29.2 Å². The van der Waals surface area contributed by atoms with Crippen LogP contribution in [0.4, 0.5) is 10.2 Å². The number of halogens is 1. The maximum Gasteiger partial charge on any atom is 0.135 e. The molecule has 0 spiro atoms. The van der Waals surface area contributed by atoms with Crippen molar-refractivity contribution in [3.05, 3.63) is 18.1 Å². The first kappa shape index (κ1) is 9.37. The molecule has 0 unspecified atom stereocenters. The molecule has 0 aromatic carbocycles. The Kier molecular flexibility index (Phi) is 2.35. The Balaban J connectivity index is 2.14. The molecule has 14 heavy (non-hydrogen) atoms. The van der Waals surface area contributed by atoms with Gasteiger partial charge in [0.05, 0.1) is 13.1 Å². The summed E-state index contributed by atoms with van der Waals surface area (Å²) in [6, 6.07) is 1.94. The minimum atomic E-state index is -0.688. The van der Waals surface area contributed by atoms with Gasteiger partial charge >= 0.3 is 0 Å². The van der Waals surface area contributed by atoms with Gasteiger partial charge in [-0.05, 0) is 5.92 Å². The Morgan fingerprint density at radius 3 is 2.71 bits per heavy atom. The molecule has 1 fully saturated rings. The highest BCUT2D eigenvalue weighted by molar-refractivity contribution is 5.42. The first-order valence-electron chi connectivity index (χ1n) is 4.88.